The third kappa shape index (κ3) is 7.41. The number of nitrogen functional groups attached to an aromatic ring is 1. The molecule has 0 aliphatic carbocycles. The van der Waals surface area contributed by atoms with Crippen molar-refractivity contribution in [1.82, 2.24) is 25.1 Å². The first-order chi connectivity index (χ1) is 17.7. The van der Waals surface area contributed by atoms with E-state index in [1.54, 1.807) is 32.3 Å². The molecule has 2 aromatic heterocycles. The zero-order valence-corrected chi connectivity index (χ0v) is 20.7. The summed E-state index contributed by atoms with van der Waals surface area (Å²) in [6.07, 6.45) is -0.865. The van der Waals surface area contributed by atoms with E-state index in [0.717, 1.165) is 6.42 Å². The molecule has 0 atom stereocenters. The number of aliphatic hydroxyl groups is 1. The van der Waals surface area contributed by atoms with Crippen molar-refractivity contribution in [2.45, 2.75) is 12.8 Å². The van der Waals surface area contributed by atoms with Gasteiger partial charge in [0.1, 0.15) is 5.82 Å². The minimum Gasteiger partial charge on any atom is -0.415 e. The standard InChI is InChI=1S/C16H14ClF2N7O2.C8H10O/c1-26(2)15(27)8-4-3-7(5-10(8)17)22-16-21-6-9(12(20)23-16)13-24-25-14(28-13)11(18)19;9-7-6-8-4-2-1-3-5-8/h3-6,11H,1-2H3,(H3,20,21,22,23);1-5,9H,6-7H2. The van der Waals surface area contributed by atoms with Crippen LogP contribution < -0.4 is 11.1 Å². The third-order valence-electron chi connectivity index (χ3n) is 4.78. The second-order valence-electron chi connectivity index (χ2n) is 7.72. The monoisotopic (exact) mass is 531 g/mol. The van der Waals surface area contributed by atoms with Gasteiger partial charge in [0.15, 0.2) is 0 Å². The van der Waals surface area contributed by atoms with Gasteiger partial charge in [0, 0.05) is 32.6 Å². The lowest BCUT2D eigenvalue weighted by Gasteiger charge is -2.13. The Morgan fingerprint density at radius 2 is 1.92 bits per heavy atom. The zero-order chi connectivity index (χ0) is 26.9. The van der Waals surface area contributed by atoms with Gasteiger partial charge in [-0.15, -0.1) is 10.2 Å². The highest BCUT2D eigenvalue weighted by molar-refractivity contribution is 6.34. The van der Waals surface area contributed by atoms with Crippen molar-refractivity contribution < 1.29 is 23.1 Å². The predicted molar refractivity (Wildman–Crippen MR) is 135 cm³/mol. The number of carbonyl (C=O) groups is 1. The summed E-state index contributed by atoms with van der Waals surface area (Å²) in [5.41, 5.74) is 8.02. The number of amides is 1. The topological polar surface area (TPSA) is 143 Å². The molecule has 0 saturated heterocycles. The van der Waals surface area contributed by atoms with Gasteiger partial charge in [-0.1, -0.05) is 41.9 Å². The molecule has 0 saturated carbocycles. The number of halogens is 3. The lowest BCUT2D eigenvalue weighted by molar-refractivity contribution is 0.0827. The van der Waals surface area contributed by atoms with Gasteiger partial charge in [-0.2, -0.15) is 13.8 Å². The van der Waals surface area contributed by atoms with E-state index >= 15 is 0 Å². The van der Waals surface area contributed by atoms with E-state index in [9.17, 15) is 13.6 Å². The van der Waals surface area contributed by atoms with Crippen LogP contribution in [0.5, 0.6) is 0 Å². The number of aliphatic hydroxyl groups excluding tert-OH is 1. The summed E-state index contributed by atoms with van der Waals surface area (Å²) in [5.74, 6) is -1.19. The molecule has 4 N–H and O–H groups in total. The summed E-state index contributed by atoms with van der Waals surface area (Å²) in [6.45, 7) is 0.240. The zero-order valence-electron chi connectivity index (χ0n) is 19.9. The Hall–Kier alpha value is -4.16. The Morgan fingerprint density at radius 3 is 2.49 bits per heavy atom. The molecule has 194 valence electrons. The van der Waals surface area contributed by atoms with E-state index < -0.39 is 12.3 Å². The van der Waals surface area contributed by atoms with Gasteiger partial charge < -0.3 is 25.5 Å². The highest BCUT2D eigenvalue weighted by Crippen LogP contribution is 2.28. The second-order valence-corrected chi connectivity index (χ2v) is 8.12. The summed E-state index contributed by atoms with van der Waals surface area (Å²) >= 11 is 6.16. The third-order valence-corrected chi connectivity index (χ3v) is 5.09. The summed E-state index contributed by atoms with van der Waals surface area (Å²) in [5, 5.41) is 18.4. The average Bonchev–Trinajstić information content (AvgIpc) is 3.36. The minimum absolute atomic E-state index is 0.0486. The molecule has 0 unspecified atom stereocenters. The van der Waals surface area contributed by atoms with Crippen molar-refractivity contribution in [2.24, 2.45) is 0 Å². The number of carbonyl (C=O) groups excluding carboxylic acids is 1. The fourth-order valence-corrected chi connectivity index (χ4v) is 3.22. The molecule has 0 bridgehead atoms. The first-order valence-electron chi connectivity index (χ1n) is 10.9. The molecule has 10 nitrogen and oxygen atoms in total. The minimum atomic E-state index is -2.89. The molecule has 0 radical (unpaired) electrons. The second kappa shape index (κ2) is 12.7. The number of anilines is 3. The number of nitrogens with zero attached hydrogens (tertiary/aromatic N) is 5. The predicted octanol–water partition coefficient (Wildman–Crippen LogP) is 4.37. The number of benzene rings is 2. The van der Waals surface area contributed by atoms with Crippen LogP contribution in [0.4, 0.5) is 26.2 Å². The van der Waals surface area contributed by atoms with E-state index in [2.05, 4.69) is 25.5 Å². The lowest BCUT2D eigenvalue weighted by Crippen LogP contribution is -2.21. The SMILES string of the molecule is CN(C)C(=O)c1ccc(Nc2ncc(-c3nnc(C(F)F)o3)c(N)n2)cc1Cl.OCCc1ccccc1. The number of alkyl halides is 2. The van der Waals surface area contributed by atoms with Gasteiger partial charge in [-0.25, -0.2) is 4.98 Å². The maximum absolute atomic E-state index is 12.6. The van der Waals surface area contributed by atoms with Crippen molar-refractivity contribution in [1.29, 1.82) is 0 Å². The molecule has 4 rings (SSSR count). The largest absolute Gasteiger partial charge is 0.415 e. The van der Waals surface area contributed by atoms with Gasteiger partial charge in [0.25, 0.3) is 17.7 Å². The van der Waals surface area contributed by atoms with Crippen LogP contribution in [0.2, 0.25) is 5.02 Å². The van der Waals surface area contributed by atoms with Crippen LogP contribution in [-0.2, 0) is 6.42 Å². The number of aromatic nitrogens is 4. The molecule has 0 fully saturated rings. The Bertz CT molecular complexity index is 1340. The van der Waals surface area contributed by atoms with Crippen LogP contribution in [0.25, 0.3) is 11.5 Å². The molecule has 37 heavy (non-hydrogen) atoms. The van der Waals surface area contributed by atoms with Crippen LogP contribution in [0, 0.1) is 0 Å². The molecular formula is C24H24ClF2N7O3. The maximum atomic E-state index is 12.6. The maximum Gasteiger partial charge on any atom is 0.314 e. The average molecular weight is 532 g/mol. The summed E-state index contributed by atoms with van der Waals surface area (Å²) < 4.78 is 29.9. The lowest BCUT2D eigenvalue weighted by atomic mass is 10.2. The van der Waals surface area contributed by atoms with E-state index in [0.29, 0.717) is 11.3 Å². The highest BCUT2D eigenvalue weighted by Gasteiger charge is 2.19. The number of hydrogen-bond donors (Lipinski definition) is 3. The van der Waals surface area contributed by atoms with Gasteiger partial charge >= 0.3 is 6.43 Å². The van der Waals surface area contributed by atoms with Crippen LogP contribution in [0.3, 0.4) is 0 Å². The Balaban J connectivity index is 0.000000356. The Labute approximate surface area is 216 Å². The molecule has 2 aromatic carbocycles. The highest BCUT2D eigenvalue weighted by atomic mass is 35.5. The Kier molecular flexibility index (Phi) is 9.41. The van der Waals surface area contributed by atoms with E-state index in [1.807, 2.05) is 30.3 Å². The van der Waals surface area contributed by atoms with Crippen molar-refractivity contribution in [3.05, 3.63) is 76.8 Å². The molecule has 4 aromatic rings. The molecule has 0 spiro atoms. The van der Waals surface area contributed by atoms with Gasteiger partial charge in [-0.05, 0) is 30.2 Å². The van der Waals surface area contributed by atoms with E-state index in [4.69, 9.17) is 26.9 Å². The number of nitrogens with two attached hydrogens (primary N) is 1. The number of rotatable bonds is 7. The van der Waals surface area contributed by atoms with Crippen LogP contribution in [0.15, 0.2) is 59.1 Å². The molecule has 0 aliphatic rings. The molecule has 1 amide bonds. The quantitative estimate of drug-likeness (QED) is 0.316. The summed E-state index contributed by atoms with van der Waals surface area (Å²) in [7, 11) is 3.24. The molecule has 0 aliphatic heterocycles. The van der Waals surface area contributed by atoms with Crippen molar-refractivity contribution in [3.8, 4) is 11.5 Å². The first kappa shape index (κ1) is 27.4. The molecule has 2 heterocycles. The number of nitrogens with one attached hydrogen (secondary N) is 1. The number of hydrogen-bond acceptors (Lipinski definition) is 9. The van der Waals surface area contributed by atoms with Gasteiger partial charge in [0.05, 0.1) is 16.1 Å². The summed E-state index contributed by atoms with van der Waals surface area (Å²) in [4.78, 5) is 21.5. The van der Waals surface area contributed by atoms with Crippen LogP contribution in [-0.4, -0.2) is 56.8 Å². The van der Waals surface area contributed by atoms with Gasteiger partial charge in [-0.3, -0.25) is 4.79 Å². The van der Waals surface area contributed by atoms with Crippen molar-refractivity contribution >= 4 is 35.0 Å². The van der Waals surface area contributed by atoms with E-state index in [1.165, 1.54) is 16.7 Å². The fourth-order valence-electron chi connectivity index (χ4n) is 2.96. The summed E-state index contributed by atoms with van der Waals surface area (Å²) in [6, 6.07) is 14.7. The van der Waals surface area contributed by atoms with Crippen molar-refractivity contribution in [2.75, 3.05) is 31.8 Å². The van der Waals surface area contributed by atoms with Crippen LogP contribution in [0.1, 0.15) is 28.2 Å². The normalized spacial score (nSPS) is 10.6. The first-order valence-corrected chi connectivity index (χ1v) is 11.2. The fraction of sp³-hybridized carbons (Fsp3) is 0.208. The van der Waals surface area contributed by atoms with Gasteiger partial charge in [0.2, 0.25) is 5.95 Å². The Morgan fingerprint density at radius 1 is 1.19 bits per heavy atom. The van der Waals surface area contributed by atoms with E-state index in [-0.39, 0.29) is 40.8 Å². The van der Waals surface area contributed by atoms with Crippen LogP contribution >= 0.6 is 11.6 Å². The molecular weight excluding hydrogens is 508 g/mol. The molecule has 13 heteroatoms. The van der Waals surface area contributed by atoms with Crippen molar-refractivity contribution in [3.63, 3.8) is 0 Å². The smallest absolute Gasteiger partial charge is 0.314 e.